The van der Waals surface area contributed by atoms with Gasteiger partial charge in [0.05, 0.1) is 4.90 Å². The lowest BCUT2D eigenvalue weighted by atomic mass is 10.2. The Bertz CT molecular complexity index is 627. The van der Waals surface area contributed by atoms with Gasteiger partial charge in [0.15, 0.2) is 9.84 Å². The standard InChI is InChI=1S/C14H19ClN2O3S/c1-21(19,20)13-4-2-3-12(15)11(13)9-16-7-8-17-14(18)10-5-6-10/h2-4,10,16H,5-9H2,1H3,(H,17,18). The number of rotatable bonds is 7. The lowest BCUT2D eigenvalue weighted by Gasteiger charge is -2.11. The fraction of sp³-hybridized carbons (Fsp3) is 0.500. The van der Waals surface area contributed by atoms with Crippen molar-refractivity contribution in [1.82, 2.24) is 10.6 Å². The molecule has 0 atom stereocenters. The van der Waals surface area contributed by atoms with Crippen molar-refractivity contribution < 1.29 is 13.2 Å². The monoisotopic (exact) mass is 330 g/mol. The first-order valence-corrected chi connectivity index (χ1v) is 9.12. The second-order valence-electron chi connectivity index (χ2n) is 5.23. The van der Waals surface area contributed by atoms with Crippen LogP contribution in [0.4, 0.5) is 0 Å². The highest BCUT2D eigenvalue weighted by Gasteiger charge is 2.28. The smallest absolute Gasteiger partial charge is 0.223 e. The summed E-state index contributed by atoms with van der Waals surface area (Å²) < 4.78 is 23.4. The molecule has 1 aliphatic rings. The molecule has 0 aromatic heterocycles. The molecule has 0 aliphatic heterocycles. The zero-order valence-electron chi connectivity index (χ0n) is 11.9. The maximum Gasteiger partial charge on any atom is 0.223 e. The molecule has 21 heavy (non-hydrogen) atoms. The molecule has 1 aromatic rings. The molecule has 0 bridgehead atoms. The lowest BCUT2D eigenvalue weighted by Crippen LogP contribution is -2.32. The lowest BCUT2D eigenvalue weighted by molar-refractivity contribution is -0.122. The summed E-state index contributed by atoms with van der Waals surface area (Å²) in [7, 11) is -3.31. The van der Waals surface area contributed by atoms with Crippen LogP contribution in [0.3, 0.4) is 0 Å². The summed E-state index contributed by atoms with van der Waals surface area (Å²) in [5.74, 6) is 0.303. The van der Waals surface area contributed by atoms with Crippen LogP contribution in [-0.4, -0.2) is 33.7 Å². The normalized spacial score (nSPS) is 15.0. The van der Waals surface area contributed by atoms with E-state index in [0.717, 1.165) is 19.1 Å². The fourth-order valence-electron chi connectivity index (χ4n) is 2.04. The van der Waals surface area contributed by atoms with Crippen molar-refractivity contribution in [2.45, 2.75) is 24.3 Å². The second-order valence-corrected chi connectivity index (χ2v) is 7.62. The predicted molar refractivity (Wildman–Crippen MR) is 82.0 cm³/mol. The summed E-state index contributed by atoms with van der Waals surface area (Å²) >= 11 is 6.07. The Labute approximate surface area is 130 Å². The number of hydrogen-bond acceptors (Lipinski definition) is 4. The van der Waals surface area contributed by atoms with E-state index in [1.54, 1.807) is 18.2 Å². The highest BCUT2D eigenvalue weighted by Crippen LogP contribution is 2.28. The largest absolute Gasteiger partial charge is 0.355 e. The van der Waals surface area contributed by atoms with Gasteiger partial charge in [0.1, 0.15) is 0 Å². The molecule has 116 valence electrons. The molecule has 1 amide bonds. The van der Waals surface area contributed by atoms with E-state index in [1.165, 1.54) is 0 Å². The molecule has 0 saturated heterocycles. The van der Waals surface area contributed by atoms with Crippen LogP contribution in [0.15, 0.2) is 23.1 Å². The van der Waals surface area contributed by atoms with Crippen molar-refractivity contribution in [2.75, 3.05) is 19.3 Å². The number of halogens is 1. The van der Waals surface area contributed by atoms with Crippen molar-refractivity contribution in [2.24, 2.45) is 5.92 Å². The number of carbonyl (C=O) groups excluding carboxylic acids is 1. The minimum atomic E-state index is -3.31. The number of sulfone groups is 1. The number of benzene rings is 1. The minimum Gasteiger partial charge on any atom is -0.355 e. The fourth-order valence-corrected chi connectivity index (χ4v) is 3.29. The summed E-state index contributed by atoms with van der Waals surface area (Å²) in [6, 6.07) is 4.84. The van der Waals surface area contributed by atoms with E-state index in [0.29, 0.717) is 30.2 Å². The molecule has 1 aromatic carbocycles. The van der Waals surface area contributed by atoms with Gasteiger partial charge in [-0.25, -0.2) is 8.42 Å². The Morgan fingerprint density at radius 2 is 2.05 bits per heavy atom. The topological polar surface area (TPSA) is 75.3 Å². The van der Waals surface area contributed by atoms with Crippen LogP contribution in [0.1, 0.15) is 18.4 Å². The van der Waals surface area contributed by atoms with Gasteiger partial charge in [0.2, 0.25) is 5.91 Å². The Morgan fingerprint density at radius 3 is 2.67 bits per heavy atom. The van der Waals surface area contributed by atoms with Gasteiger partial charge in [-0.2, -0.15) is 0 Å². The van der Waals surface area contributed by atoms with E-state index in [1.807, 2.05) is 0 Å². The van der Waals surface area contributed by atoms with E-state index < -0.39 is 9.84 Å². The summed E-state index contributed by atoms with van der Waals surface area (Å²) in [5.41, 5.74) is 0.565. The Morgan fingerprint density at radius 1 is 1.33 bits per heavy atom. The third kappa shape index (κ3) is 4.69. The van der Waals surface area contributed by atoms with Gasteiger partial charge >= 0.3 is 0 Å². The SMILES string of the molecule is CS(=O)(=O)c1cccc(Cl)c1CNCCNC(=O)C1CC1. The van der Waals surface area contributed by atoms with E-state index in [2.05, 4.69) is 10.6 Å². The van der Waals surface area contributed by atoms with Crippen LogP contribution in [0.2, 0.25) is 5.02 Å². The van der Waals surface area contributed by atoms with Crippen LogP contribution in [0, 0.1) is 5.92 Å². The quantitative estimate of drug-likeness (QED) is 0.740. The first kappa shape index (κ1) is 16.3. The van der Waals surface area contributed by atoms with Crippen LogP contribution in [0.5, 0.6) is 0 Å². The molecule has 5 nitrogen and oxygen atoms in total. The molecule has 0 spiro atoms. The predicted octanol–water partition coefficient (Wildman–Crippen LogP) is 1.36. The number of nitrogens with one attached hydrogen (secondary N) is 2. The van der Waals surface area contributed by atoms with E-state index in [4.69, 9.17) is 11.6 Å². The highest BCUT2D eigenvalue weighted by molar-refractivity contribution is 7.90. The zero-order chi connectivity index (χ0) is 15.5. The number of carbonyl (C=O) groups is 1. The molecule has 0 radical (unpaired) electrons. The van der Waals surface area contributed by atoms with Crippen molar-refractivity contribution in [3.05, 3.63) is 28.8 Å². The van der Waals surface area contributed by atoms with Gasteiger partial charge < -0.3 is 10.6 Å². The third-order valence-corrected chi connectivity index (χ3v) is 4.86. The molecule has 0 heterocycles. The first-order chi connectivity index (χ1) is 9.89. The van der Waals surface area contributed by atoms with Crippen LogP contribution >= 0.6 is 11.6 Å². The van der Waals surface area contributed by atoms with Crippen LogP contribution in [-0.2, 0) is 21.2 Å². The first-order valence-electron chi connectivity index (χ1n) is 6.85. The molecule has 0 unspecified atom stereocenters. The summed E-state index contributed by atoms with van der Waals surface area (Å²) in [6.07, 6.45) is 3.13. The number of hydrogen-bond donors (Lipinski definition) is 2. The summed E-state index contributed by atoms with van der Waals surface area (Å²) in [5, 5.41) is 6.37. The van der Waals surface area contributed by atoms with Gasteiger partial charge in [0, 0.05) is 42.4 Å². The van der Waals surface area contributed by atoms with Gasteiger partial charge in [-0.1, -0.05) is 17.7 Å². The summed E-state index contributed by atoms with van der Waals surface area (Å²) in [6.45, 7) is 1.43. The molecular weight excluding hydrogens is 312 g/mol. The van der Waals surface area contributed by atoms with Gasteiger partial charge in [-0.15, -0.1) is 0 Å². The second kappa shape index (κ2) is 6.77. The van der Waals surface area contributed by atoms with Crippen molar-refractivity contribution >= 4 is 27.3 Å². The third-order valence-electron chi connectivity index (χ3n) is 3.33. The van der Waals surface area contributed by atoms with Gasteiger partial charge in [-0.3, -0.25) is 4.79 Å². The molecular formula is C14H19ClN2O3S. The van der Waals surface area contributed by atoms with Gasteiger partial charge in [-0.05, 0) is 25.0 Å². The molecule has 7 heteroatoms. The van der Waals surface area contributed by atoms with E-state index in [9.17, 15) is 13.2 Å². The molecule has 1 saturated carbocycles. The number of amides is 1. The minimum absolute atomic E-state index is 0.103. The maximum atomic E-state index is 11.7. The Kier molecular flexibility index (Phi) is 5.24. The van der Waals surface area contributed by atoms with Crippen molar-refractivity contribution in [3.63, 3.8) is 0 Å². The highest BCUT2D eigenvalue weighted by atomic mass is 35.5. The zero-order valence-corrected chi connectivity index (χ0v) is 13.4. The van der Waals surface area contributed by atoms with Gasteiger partial charge in [0.25, 0.3) is 0 Å². The maximum absolute atomic E-state index is 11.7. The average molecular weight is 331 g/mol. The van der Waals surface area contributed by atoms with Crippen LogP contribution in [0.25, 0.3) is 0 Å². The molecule has 2 rings (SSSR count). The Balaban J connectivity index is 1.86. The molecule has 1 aliphatic carbocycles. The average Bonchev–Trinajstić information content (AvgIpc) is 3.22. The van der Waals surface area contributed by atoms with Crippen molar-refractivity contribution in [1.29, 1.82) is 0 Å². The molecule has 1 fully saturated rings. The Hall–Kier alpha value is -1.11. The van der Waals surface area contributed by atoms with E-state index in [-0.39, 0.29) is 16.7 Å². The molecule has 2 N–H and O–H groups in total. The summed E-state index contributed by atoms with van der Waals surface area (Å²) in [4.78, 5) is 11.7. The van der Waals surface area contributed by atoms with E-state index >= 15 is 0 Å². The van der Waals surface area contributed by atoms with Crippen LogP contribution < -0.4 is 10.6 Å². The van der Waals surface area contributed by atoms with Crippen molar-refractivity contribution in [3.8, 4) is 0 Å².